The van der Waals surface area contributed by atoms with Crippen molar-refractivity contribution in [2.45, 2.75) is 38.3 Å². The predicted molar refractivity (Wildman–Crippen MR) is 108 cm³/mol. The van der Waals surface area contributed by atoms with Crippen LogP contribution in [-0.2, 0) is 6.61 Å². The summed E-state index contributed by atoms with van der Waals surface area (Å²) in [5.41, 5.74) is 8.21. The molecule has 1 saturated carbocycles. The van der Waals surface area contributed by atoms with E-state index in [9.17, 15) is 4.79 Å². The molecule has 0 bridgehead atoms. The van der Waals surface area contributed by atoms with Crippen molar-refractivity contribution in [3.63, 3.8) is 0 Å². The topological polar surface area (TPSA) is 81.6 Å². The Morgan fingerprint density at radius 3 is 2.96 bits per heavy atom. The van der Waals surface area contributed by atoms with E-state index in [4.69, 9.17) is 10.5 Å². The van der Waals surface area contributed by atoms with Crippen LogP contribution in [0.25, 0.3) is 5.65 Å². The average Bonchev–Trinajstić information content (AvgIpc) is 3.16. The number of ether oxygens (including phenoxy) is 1. The third kappa shape index (κ3) is 4.17. The Labute approximate surface area is 164 Å². The number of rotatable bonds is 6. The number of hydrogen-bond acceptors (Lipinski definition) is 4. The zero-order valence-corrected chi connectivity index (χ0v) is 15.9. The van der Waals surface area contributed by atoms with Crippen LogP contribution in [0.1, 0.15) is 41.7 Å². The van der Waals surface area contributed by atoms with Crippen LogP contribution in [0.4, 0.5) is 0 Å². The number of imidazole rings is 1. The summed E-state index contributed by atoms with van der Waals surface area (Å²) in [6.07, 6.45) is 8.32. The van der Waals surface area contributed by atoms with Crippen LogP contribution in [0.15, 0.2) is 54.9 Å². The first kappa shape index (κ1) is 18.5. The maximum Gasteiger partial charge on any atom is 0.251 e. The standard InChI is InChI=1S/C22H26N4O2/c23-13-17-6-1-2-9-20(17)25-22(27)16-7-5-8-19(12-16)28-15-18-14-26-11-4-3-10-21(26)24-18/h3-5,7-8,10-12,14,17,20H,1-2,6,9,13,15,23H2,(H,25,27). The lowest BCUT2D eigenvalue weighted by Crippen LogP contribution is -2.44. The highest BCUT2D eigenvalue weighted by Crippen LogP contribution is 2.24. The lowest BCUT2D eigenvalue weighted by Gasteiger charge is -2.31. The van der Waals surface area contributed by atoms with Crippen molar-refractivity contribution in [2.75, 3.05) is 6.54 Å². The molecule has 2 unspecified atom stereocenters. The Bertz CT molecular complexity index is 919. The van der Waals surface area contributed by atoms with Gasteiger partial charge in [-0.1, -0.05) is 25.0 Å². The van der Waals surface area contributed by atoms with Gasteiger partial charge < -0.3 is 20.2 Å². The van der Waals surface area contributed by atoms with Gasteiger partial charge in [-0.05, 0) is 55.6 Å². The molecule has 0 spiro atoms. The summed E-state index contributed by atoms with van der Waals surface area (Å²) in [4.78, 5) is 17.2. The first-order valence-corrected chi connectivity index (χ1v) is 9.89. The first-order chi connectivity index (χ1) is 13.7. The minimum Gasteiger partial charge on any atom is -0.487 e. The Hall–Kier alpha value is -2.86. The average molecular weight is 378 g/mol. The lowest BCUT2D eigenvalue weighted by atomic mass is 9.84. The van der Waals surface area contributed by atoms with Crippen molar-refractivity contribution in [3.05, 3.63) is 66.1 Å². The van der Waals surface area contributed by atoms with E-state index in [1.807, 2.05) is 53.2 Å². The number of carbonyl (C=O) groups excluding carboxylic acids is 1. The first-order valence-electron chi connectivity index (χ1n) is 9.89. The molecule has 1 fully saturated rings. The van der Waals surface area contributed by atoms with E-state index in [-0.39, 0.29) is 11.9 Å². The number of benzene rings is 1. The van der Waals surface area contributed by atoms with E-state index >= 15 is 0 Å². The number of nitrogens with two attached hydrogens (primary N) is 1. The molecule has 3 aromatic rings. The van der Waals surface area contributed by atoms with Gasteiger partial charge in [-0.15, -0.1) is 0 Å². The zero-order valence-electron chi connectivity index (χ0n) is 15.9. The number of nitrogens with zero attached hydrogens (tertiary/aromatic N) is 2. The molecule has 146 valence electrons. The van der Waals surface area contributed by atoms with E-state index in [0.29, 0.717) is 30.4 Å². The molecule has 4 rings (SSSR count). The van der Waals surface area contributed by atoms with Crippen molar-refractivity contribution >= 4 is 11.6 Å². The summed E-state index contributed by atoms with van der Waals surface area (Å²) in [6.45, 7) is 0.970. The van der Waals surface area contributed by atoms with Crippen molar-refractivity contribution in [1.29, 1.82) is 0 Å². The van der Waals surface area contributed by atoms with Gasteiger partial charge in [0.15, 0.2) is 0 Å². The van der Waals surface area contributed by atoms with E-state index in [1.165, 1.54) is 6.42 Å². The number of hydrogen-bond donors (Lipinski definition) is 2. The molecule has 6 nitrogen and oxygen atoms in total. The maximum absolute atomic E-state index is 12.7. The van der Waals surface area contributed by atoms with Gasteiger partial charge in [-0.25, -0.2) is 4.98 Å². The molecule has 2 aromatic heterocycles. The molecule has 28 heavy (non-hydrogen) atoms. The monoisotopic (exact) mass is 378 g/mol. The fraction of sp³-hybridized carbons (Fsp3) is 0.364. The fourth-order valence-corrected chi connectivity index (χ4v) is 3.87. The van der Waals surface area contributed by atoms with Gasteiger partial charge in [0.1, 0.15) is 18.0 Å². The largest absolute Gasteiger partial charge is 0.487 e. The van der Waals surface area contributed by atoms with Gasteiger partial charge in [0, 0.05) is 24.0 Å². The summed E-state index contributed by atoms with van der Waals surface area (Å²) >= 11 is 0. The lowest BCUT2D eigenvalue weighted by molar-refractivity contribution is 0.0907. The summed E-state index contributed by atoms with van der Waals surface area (Å²) in [7, 11) is 0. The minimum absolute atomic E-state index is 0.0662. The summed E-state index contributed by atoms with van der Waals surface area (Å²) in [5.74, 6) is 0.958. The normalized spacial score (nSPS) is 19.5. The van der Waals surface area contributed by atoms with Crippen LogP contribution in [0, 0.1) is 5.92 Å². The van der Waals surface area contributed by atoms with Gasteiger partial charge in [0.2, 0.25) is 0 Å². The number of nitrogens with one attached hydrogen (secondary N) is 1. The third-order valence-corrected chi connectivity index (χ3v) is 5.43. The molecule has 1 aliphatic rings. The van der Waals surface area contributed by atoms with Gasteiger partial charge in [0.05, 0.1) is 5.69 Å². The van der Waals surface area contributed by atoms with Crippen molar-refractivity contribution < 1.29 is 9.53 Å². The molecule has 3 N–H and O–H groups in total. The predicted octanol–water partition coefficient (Wildman–Crippen LogP) is 3.16. The molecule has 2 heterocycles. The number of carbonyl (C=O) groups is 1. The summed E-state index contributed by atoms with van der Waals surface area (Å²) in [5, 5.41) is 3.16. The van der Waals surface area contributed by atoms with Crippen LogP contribution >= 0.6 is 0 Å². The Kier molecular flexibility index (Phi) is 5.58. The summed E-state index contributed by atoms with van der Waals surface area (Å²) in [6, 6.07) is 13.3. The molecule has 1 aromatic carbocycles. The molecule has 6 heteroatoms. The Balaban J connectivity index is 1.40. The number of pyridine rings is 1. The second kappa shape index (κ2) is 8.44. The Morgan fingerprint density at radius 2 is 2.11 bits per heavy atom. The van der Waals surface area contributed by atoms with Crippen molar-refractivity contribution in [1.82, 2.24) is 14.7 Å². The number of fused-ring (bicyclic) bond motifs is 1. The zero-order chi connectivity index (χ0) is 19.3. The molecular weight excluding hydrogens is 352 g/mol. The SMILES string of the molecule is NCC1CCCCC1NC(=O)c1cccc(OCc2cn3ccccc3n2)c1. The van der Waals surface area contributed by atoms with Crippen molar-refractivity contribution in [2.24, 2.45) is 11.7 Å². The van der Waals surface area contributed by atoms with Crippen LogP contribution in [-0.4, -0.2) is 27.9 Å². The second-order valence-corrected chi connectivity index (χ2v) is 7.38. The van der Waals surface area contributed by atoms with Crippen LogP contribution in [0.2, 0.25) is 0 Å². The van der Waals surface area contributed by atoms with Gasteiger partial charge in [-0.2, -0.15) is 0 Å². The maximum atomic E-state index is 12.7. The molecule has 0 aliphatic heterocycles. The van der Waals surface area contributed by atoms with E-state index < -0.39 is 0 Å². The van der Waals surface area contributed by atoms with E-state index in [1.54, 1.807) is 6.07 Å². The van der Waals surface area contributed by atoms with E-state index in [2.05, 4.69) is 10.3 Å². The van der Waals surface area contributed by atoms with Gasteiger partial charge >= 0.3 is 0 Å². The van der Waals surface area contributed by atoms with Crippen molar-refractivity contribution in [3.8, 4) is 5.75 Å². The van der Waals surface area contributed by atoms with Gasteiger partial charge in [-0.3, -0.25) is 4.79 Å². The third-order valence-electron chi connectivity index (χ3n) is 5.43. The highest BCUT2D eigenvalue weighted by Gasteiger charge is 2.25. The minimum atomic E-state index is -0.0662. The second-order valence-electron chi connectivity index (χ2n) is 7.38. The van der Waals surface area contributed by atoms with Crippen LogP contribution in [0.3, 0.4) is 0 Å². The molecular formula is C22H26N4O2. The van der Waals surface area contributed by atoms with Crippen LogP contribution < -0.4 is 15.8 Å². The van der Waals surface area contributed by atoms with Gasteiger partial charge in [0.25, 0.3) is 5.91 Å². The Morgan fingerprint density at radius 1 is 1.21 bits per heavy atom. The fourth-order valence-electron chi connectivity index (χ4n) is 3.87. The molecule has 1 amide bonds. The summed E-state index contributed by atoms with van der Waals surface area (Å²) < 4.78 is 7.83. The molecule has 2 atom stereocenters. The highest BCUT2D eigenvalue weighted by molar-refractivity contribution is 5.94. The molecule has 0 saturated heterocycles. The van der Waals surface area contributed by atoms with E-state index in [0.717, 1.165) is 30.6 Å². The highest BCUT2D eigenvalue weighted by atomic mass is 16.5. The quantitative estimate of drug-likeness (QED) is 0.690. The smallest absolute Gasteiger partial charge is 0.251 e. The number of amides is 1. The number of aromatic nitrogens is 2. The molecule has 1 aliphatic carbocycles. The molecule has 0 radical (unpaired) electrons. The van der Waals surface area contributed by atoms with Crippen LogP contribution in [0.5, 0.6) is 5.75 Å².